The highest BCUT2D eigenvalue weighted by Gasteiger charge is 2.31. The van der Waals surface area contributed by atoms with E-state index in [2.05, 4.69) is 9.71 Å². The van der Waals surface area contributed by atoms with Gasteiger partial charge in [0, 0.05) is 35.8 Å². The zero-order valence-corrected chi connectivity index (χ0v) is 30.0. The van der Waals surface area contributed by atoms with Crippen LogP contribution in [-0.4, -0.2) is 60.7 Å². The molecule has 0 fully saturated rings. The molecule has 0 bridgehead atoms. The van der Waals surface area contributed by atoms with Gasteiger partial charge in [-0.05, 0) is 42.0 Å². The molecule has 0 unspecified atom stereocenters. The van der Waals surface area contributed by atoms with Crippen molar-refractivity contribution in [2.75, 3.05) is 34.3 Å². The van der Waals surface area contributed by atoms with E-state index in [-0.39, 0.29) is 38.7 Å². The van der Waals surface area contributed by atoms with E-state index in [1.807, 2.05) is 27.9 Å². The average Bonchev–Trinajstić information content (AvgIpc) is 3.43. The highest BCUT2D eigenvalue weighted by Crippen LogP contribution is 2.39. The van der Waals surface area contributed by atoms with Crippen LogP contribution in [0.3, 0.4) is 0 Å². The number of rotatable bonds is 14. The van der Waals surface area contributed by atoms with E-state index >= 15 is 8.78 Å². The Labute approximate surface area is 287 Å². The zero-order valence-electron chi connectivity index (χ0n) is 26.8. The Bertz CT molecular complexity index is 2020. The Morgan fingerprint density at radius 1 is 1.02 bits per heavy atom. The number of nitrogens with one attached hydrogen (secondary N) is 2. The lowest BCUT2D eigenvalue weighted by Gasteiger charge is -2.28. The van der Waals surface area contributed by atoms with Gasteiger partial charge < -0.3 is 9.64 Å². The Balaban J connectivity index is 1.72. The number of nitrogens with two attached hydrogens (primary N) is 1. The summed E-state index contributed by atoms with van der Waals surface area (Å²) < 4.78 is 103. The van der Waals surface area contributed by atoms with Crippen molar-refractivity contribution in [2.45, 2.75) is 46.4 Å². The molecular weight excluding hydrogens is 711 g/mol. The molecule has 17 heteroatoms. The normalized spacial score (nSPS) is 12.6. The molecule has 0 aliphatic heterocycles. The fraction of sp³-hybridized carbons (Fsp3) is 0.323. The van der Waals surface area contributed by atoms with Crippen LogP contribution in [0.2, 0.25) is 5.02 Å². The van der Waals surface area contributed by atoms with Gasteiger partial charge in [-0.3, -0.25) is 4.57 Å². The number of ether oxygens (including phenoxy) is 1. The van der Waals surface area contributed by atoms with Crippen molar-refractivity contribution in [3.63, 3.8) is 0 Å². The van der Waals surface area contributed by atoms with E-state index in [1.165, 1.54) is 43.6 Å². The molecule has 260 valence electrons. The van der Waals surface area contributed by atoms with E-state index in [1.54, 1.807) is 10.6 Å². The first-order valence-electron chi connectivity index (χ1n) is 14.5. The van der Waals surface area contributed by atoms with Crippen LogP contribution in [0.4, 0.5) is 13.2 Å². The number of primary sulfonamides is 1. The number of hydrogen-bond acceptors (Lipinski definition) is 7. The first-order valence-corrected chi connectivity index (χ1v) is 18.9. The molecule has 3 aromatic carbocycles. The number of methoxy groups -OCH3 is 1. The number of thioether (sulfide) groups is 1. The van der Waals surface area contributed by atoms with Crippen molar-refractivity contribution in [1.29, 1.82) is 0 Å². The quantitative estimate of drug-likeness (QED) is 0.131. The number of nitrogens with zero attached hydrogens (tertiary/aromatic N) is 2. The Hall–Kier alpha value is -3.12. The fourth-order valence-electron chi connectivity index (χ4n) is 4.92. The minimum atomic E-state index is -4.15. The van der Waals surface area contributed by atoms with Crippen LogP contribution in [-0.2, 0) is 31.2 Å². The summed E-state index contributed by atoms with van der Waals surface area (Å²) in [6.45, 7) is 4.48. The van der Waals surface area contributed by atoms with Gasteiger partial charge in [-0.2, -0.15) is 0 Å². The van der Waals surface area contributed by atoms with Crippen molar-refractivity contribution in [1.82, 2.24) is 14.3 Å². The maximum absolute atomic E-state index is 15.3. The number of hydrogen-bond donors (Lipinski definition) is 3. The van der Waals surface area contributed by atoms with Crippen LogP contribution in [0.1, 0.15) is 37.1 Å². The van der Waals surface area contributed by atoms with Crippen LogP contribution in [0, 0.1) is 17.5 Å². The van der Waals surface area contributed by atoms with Crippen LogP contribution >= 0.6 is 23.4 Å². The number of quaternary nitrogens is 1. The Morgan fingerprint density at radius 3 is 2.27 bits per heavy atom. The monoisotopic (exact) mass is 746 g/mol. The second-order valence-corrected chi connectivity index (χ2v) is 16.4. The van der Waals surface area contributed by atoms with Gasteiger partial charge in [-0.1, -0.05) is 43.3 Å². The Kier molecular flexibility index (Phi) is 11.6. The standard InChI is InChI=1S/C31H35ClF3N5O5S3/c1-31(2,19-7-10-28(23(32)13-19)47(36,41)42)29-17-37-30(40(29)20-8-9-24(33)27(14-20)45-5)46-18-22-25(34)15-21(16-26(22)35)48(43,44)38-11-6-12-39(3)4/h7-10,13-17,38H,6,11-12,18H2,1-5H3,(H2,36,41,42)/p+1. The molecule has 1 aromatic heterocycles. The fourth-order valence-corrected chi connectivity index (χ4v) is 8.12. The van der Waals surface area contributed by atoms with E-state index < -0.39 is 47.8 Å². The van der Waals surface area contributed by atoms with E-state index in [0.717, 1.165) is 28.8 Å². The molecule has 0 atom stereocenters. The Morgan fingerprint density at radius 2 is 1.69 bits per heavy atom. The third kappa shape index (κ3) is 8.35. The summed E-state index contributed by atoms with van der Waals surface area (Å²) >= 11 is 7.26. The number of sulfonamides is 2. The first kappa shape index (κ1) is 37.7. The summed E-state index contributed by atoms with van der Waals surface area (Å²) in [7, 11) is -3.07. The highest BCUT2D eigenvalue weighted by molar-refractivity contribution is 7.98. The van der Waals surface area contributed by atoms with Gasteiger partial charge in [0.2, 0.25) is 20.0 Å². The SMILES string of the molecule is COc1cc(-n2c(C(C)(C)c3ccc(S(N)(=O)=O)c(Cl)c3)cnc2SCc2c(F)cc(S(=O)(=O)NCCC[NH+](C)C)cc2F)ccc1F. The van der Waals surface area contributed by atoms with Crippen LogP contribution < -0.4 is 19.5 Å². The summed E-state index contributed by atoms with van der Waals surface area (Å²) in [6, 6.07) is 9.99. The van der Waals surface area contributed by atoms with Gasteiger partial charge in [0.05, 0.1) is 55.2 Å². The maximum Gasteiger partial charge on any atom is 0.240 e. The lowest BCUT2D eigenvalue weighted by molar-refractivity contribution is -0.858. The molecule has 10 nitrogen and oxygen atoms in total. The van der Waals surface area contributed by atoms with E-state index in [4.69, 9.17) is 21.5 Å². The molecule has 0 aliphatic rings. The summed E-state index contributed by atoms with van der Waals surface area (Å²) in [4.78, 5) is 4.87. The largest absolute Gasteiger partial charge is 0.494 e. The van der Waals surface area contributed by atoms with Crippen LogP contribution in [0.15, 0.2) is 69.7 Å². The summed E-state index contributed by atoms with van der Waals surface area (Å²) in [5.41, 5.74) is 0.237. The molecular formula is C31H36ClF3N5O5S3+. The molecule has 48 heavy (non-hydrogen) atoms. The first-order chi connectivity index (χ1) is 22.4. The smallest absolute Gasteiger partial charge is 0.240 e. The van der Waals surface area contributed by atoms with Gasteiger partial charge in [0.15, 0.2) is 16.7 Å². The lowest BCUT2D eigenvalue weighted by Crippen LogP contribution is -3.05. The molecule has 0 spiro atoms. The van der Waals surface area contributed by atoms with Crippen LogP contribution in [0.5, 0.6) is 5.75 Å². The second-order valence-electron chi connectivity index (χ2n) is 11.8. The van der Waals surface area contributed by atoms with Crippen LogP contribution in [0.25, 0.3) is 5.69 Å². The minimum Gasteiger partial charge on any atom is -0.494 e. The number of halogens is 4. The van der Waals surface area contributed by atoms with Gasteiger partial charge in [-0.15, -0.1) is 0 Å². The van der Waals surface area contributed by atoms with Crippen molar-refractivity contribution in [3.8, 4) is 11.4 Å². The predicted octanol–water partition coefficient (Wildman–Crippen LogP) is 4.03. The number of imidazole rings is 1. The van der Waals surface area contributed by atoms with Gasteiger partial charge in [0.1, 0.15) is 16.5 Å². The van der Waals surface area contributed by atoms with Crippen molar-refractivity contribution in [3.05, 3.63) is 94.0 Å². The third-order valence-electron chi connectivity index (χ3n) is 7.64. The number of benzene rings is 3. The molecule has 0 aliphatic carbocycles. The van der Waals surface area contributed by atoms with Gasteiger partial charge in [0.25, 0.3) is 0 Å². The summed E-state index contributed by atoms with van der Waals surface area (Å²) in [6.07, 6.45) is 2.08. The lowest BCUT2D eigenvalue weighted by atomic mass is 9.81. The van der Waals surface area contributed by atoms with E-state index in [0.29, 0.717) is 29.9 Å². The predicted molar refractivity (Wildman–Crippen MR) is 178 cm³/mol. The average molecular weight is 747 g/mol. The van der Waals surface area contributed by atoms with Crippen molar-refractivity contribution >= 4 is 43.4 Å². The molecule has 0 amide bonds. The molecule has 4 rings (SSSR count). The molecule has 0 saturated heterocycles. The number of aromatic nitrogens is 2. The molecule has 1 heterocycles. The molecule has 4 N–H and O–H groups in total. The van der Waals surface area contributed by atoms with Gasteiger partial charge >= 0.3 is 0 Å². The van der Waals surface area contributed by atoms with Gasteiger partial charge in [-0.25, -0.2) is 44.9 Å². The summed E-state index contributed by atoms with van der Waals surface area (Å²) in [5, 5.41) is 5.45. The third-order valence-corrected chi connectivity index (χ3v) is 11.5. The van der Waals surface area contributed by atoms with Crippen molar-refractivity contribution < 1.29 is 39.6 Å². The highest BCUT2D eigenvalue weighted by atomic mass is 35.5. The summed E-state index contributed by atoms with van der Waals surface area (Å²) in [5.74, 6) is -3.05. The molecule has 4 aromatic rings. The second kappa shape index (κ2) is 14.8. The molecule has 0 saturated carbocycles. The topological polar surface area (TPSA) is 138 Å². The van der Waals surface area contributed by atoms with E-state index in [9.17, 15) is 21.2 Å². The molecule has 0 radical (unpaired) electrons. The zero-order chi connectivity index (χ0) is 35.6. The minimum absolute atomic E-state index is 0.0630. The van der Waals surface area contributed by atoms with Crippen molar-refractivity contribution in [2.24, 2.45) is 5.14 Å². The maximum atomic E-state index is 15.3.